The molecule has 102 valence electrons. The quantitative estimate of drug-likeness (QED) is 0.865. The minimum Gasteiger partial charge on any atom is -0.396 e. The van der Waals surface area contributed by atoms with Crippen LogP contribution in [0.2, 0.25) is 10.0 Å². The molecule has 0 aromatic heterocycles. The van der Waals surface area contributed by atoms with Crippen molar-refractivity contribution in [2.45, 2.75) is 11.7 Å². The predicted molar refractivity (Wildman–Crippen MR) is 76.9 cm³/mol. The summed E-state index contributed by atoms with van der Waals surface area (Å²) in [6.45, 7) is -0.0222. The van der Waals surface area contributed by atoms with Gasteiger partial charge in [0.25, 0.3) is 0 Å². The van der Waals surface area contributed by atoms with E-state index in [0.717, 1.165) is 4.90 Å². The second-order valence-electron chi connectivity index (χ2n) is 3.98. The summed E-state index contributed by atoms with van der Waals surface area (Å²) in [5.41, 5.74) is 0.389. The van der Waals surface area contributed by atoms with E-state index in [1.54, 1.807) is 0 Å². The third kappa shape index (κ3) is 3.23. The van der Waals surface area contributed by atoms with Crippen LogP contribution >= 0.6 is 35.0 Å². The van der Waals surface area contributed by atoms with Crippen molar-refractivity contribution >= 4 is 52.5 Å². The number of hydrogen-bond donors (Lipinski definition) is 1. The summed E-state index contributed by atoms with van der Waals surface area (Å²) in [5, 5.41) is 9.06. The average Bonchev–Trinajstić information content (AvgIpc) is 2.60. The molecule has 0 spiro atoms. The highest BCUT2D eigenvalue weighted by atomic mass is 35.5. The number of halogens is 2. The molecule has 19 heavy (non-hydrogen) atoms. The molecule has 0 bridgehead atoms. The number of thioether (sulfide) groups is 1. The molecule has 2 amide bonds. The number of carbonyl (C=O) groups is 2. The molecule has 1 fully saturated rings. The van der Waals surface area contributed by atoms with Gasteiger partial charge in [-0.25, -0.2) is 4.90 Å². The van der Waals surface area contributed by atoms with Crippen LogP contribution in [-0.4, -0.2) is 34.5 Å². The highest BCUT2D eigenvalue weighted by Crippen LogP contribution is 2.32. The van der Waals surface area contributed by atoms with Crippen LogP contribution in [0.5, 0.6) is 0 Å². The topological polar surface area (TPSA) is 57.6 Å². The fourth-order valence-corrected chi connectivity index (χ4v) is 3.28. The van der Waals surface area contributed by atoms with Gasteiger partial charge in [0.2, 0.25) is 11.8 Å². The average molecular weight is 320 g/mol. The van der Waals surface area contributed by atoms with E-state index in [0.29, 0.717) is 21.5 Å². The SMILES string of the molecule is O=C1C[C@H](SCCO)C(=O)N1c1cc(Cl)cc(Cl)c1. The van der Waals surface area contributed by atoms with Crippen molar-refractivity contribution in [2.75, 3.05) is 17.3 Å². The van der Waals surface area contributed by atoms with E-state index in [2.05, 4.69) is 0 Å². The number of amides is 2. The van der Waals surface area contributed by atoms with Crippen molar-refractivity contribution in [1.82, 2.24) is 0 Å². The summed E-state index contributed by atoms with van der Waals surface area (Å²) in [7, 11) is 0. The lowest BCUT2D eigenvalue weighted by molar-refractivity contribution is -0.121. The third-order valence-corrected chi connectivity index (χ3v) is 4.25. The maximum Gasteiger partial charge on any atom is 0.247 e. The molecule has 0 saturated carbocycles. The fraction of sp³-hybridized carbons (Fsp3) is 0.333. The van der Waals surface area contributed by atoms with E-state index in [-0.39, 0.29) is 24.8 Å². The Kier molecular flexibility index (Phi) is 4.73. The molecule has 0 unspecified atom stereocenters. The molecular weight excluding hydrogens is 309 g/mol. The maximum absolute atomic E-state index is 12.2. The van der Waals surface area contributed by atoms with E-state index >= 15 is 0 Å². The molecule has 1 N–H and O–H groups in total. The van der Waals surface area contributed by atoms with Crippen molar-refractivity contribution in [3.63, 3.8) is 0 Å². The molecule has 1 heterocycles. The second kappa shape index (κ2) is 6.13. The van der Waals surface area contributed by atoms with Gasteiger partial charge in [-0.15, -0.1) is 11.8 Å². The molecule has 4 nitrogen and oxygen atoms in total. The number of hydrogen-bond acceptors (Lipinski definition) is 4. The number of benzene rings is 1. The van der Waals surface area contributed by atoms with Crippen LogP contribution in [0.15, 0.2) is 18.2 Å². The van der Waals surface area contributed by atoms with E-state index < -0.39 is 5.25 Å². The summed E-state index contributed by atoms with van der Waals surface area (Å²) in [4.78, 5) is 25.2. The second-order valence-corrected chi connectivity index (χ2v) is 6.17. The molecule has 1 saturated heterocycles. The maximum atomic E-state index is 12.2. The lowest BCUT2D eigenvalue weighted by atomic mass is 10.3. The van der Waals surface area contributed by atoms with Gasteiger partial charge < -0.3 is 5.11 Å². The summed E-state index contributed by atoms with van der Waals surface area (Å²) in [5.74, 6) is -0.144. The molecule has 1 aromatic rings. The van der Waals surface area contributed by atoms with Crippen molar-refractivity contribution in [3.05, 3.63) is 28.2 Å². The van der Waals surface area contributed by atoms with Gasteiger partial charge in [-0.05, 0) is 18.2 Å². The fourth-order valence-electron chi connectivity index (χ4n) is 1.87. The van der Waals surface area contributed by atoms with Crippen LogP contribution in [0, 0.1) is 0 Å². The van der Waals surface area contributed by atoms with Gasteiger partial charge in [0.1, 0.15) is 0 Å². The Morgan fingerprint density at radius 3 is 2.47 bits per heavy atom. The summed E-state index contributed by atoms with van der Waals surface area (Å²) < 4.78 is 0. The number of rotatable bonds is 4. The van der Waals surface area contributed by atoms with Crippen LogP contribution < -0.4 is 4.90 Å². The van der Waals surface area contributed by atoms with Gasteiger partial charge >= 0.3 is 0 Å². The van der Waals surface area contributed by atoms with Crippen LogP contribution in [0.25, 0.3) is 0 Å². The van der Waals surface area contributed by atoms with E-state index in [9.17, 15) is 9.59 Å². The molecule has 1 atom stereocenters. The number of aliphatic hydroxyl groups is 1. The molecule has 0 radical (unpaired) electrons. The Hall–Kier alpha value is -0.750. The Morgan fingerprint density at radius 2 is 1.89 bits per heavy atom. The molecular formula is C12H11Cl2NO3S. The first-order valence-electron chi connectivity index (χ1n) is 5.58. The van der Waals surface area contributed by atoms with Gasteiger partial charge in [0, 0.05) is 22.2 Å². The van der Waals surface area contributed by atoms with Crippen molar-refractivity contribution < 1.29 is 14.7 Å². The molecule has 1 aliphatic rings. The zero-order valence-electron chi connectivity index (χ0n) is 9.81. The zero-order chi connectivity index (χ0) is 14.0. The first kappa shape index (κ1) is 14.7. The molecule has 1 aromatic carbocycles. The van der Waals surface area contributed by atoms with E-state index in [1.165, 1.54) is 30.0 Å². The normalized spacial score (nSPS) is 19.3. The van der Waals surface area contributed by atoms with Gasteiger partial charge in [-0.2, -0.15) is 0 Å². The minimum absolute atomic E-state index is 0.0222. The number of imide groups is 1. The zero-order valence-corrected chi connectivity index (χ0v) is 12.1. The van der Waals surface area contributed by atoms with Crippen LogP contribution in [0.1, 0.15) is 6.42 Å². The largest absolute Gasteiger partial charge is 0.396 e. The van der Waals surface area contributed by atoms with E-state index in [4.69, 9.17) is 28.3 Å². The van der Waals surface area contributed by atoms with Crippen molar-refractivity contribution in [3.8, 4) is 0 Å². The Labute approximate surface area is 124 Å². The van der Waals surface area contributed by atoms with E-state index in [1.807, 2.05) is 0 Å². The highest BCUT2D eigenvalue weighted by Gasteiger charge is 2.39. The third-order valence-electron chi connectivity index (χ3n) is 2.62. The van der Waals surface area contributed by atoms with Gasteiger partial charge in [0.05, 0.1) is 17.5 Å². The number of aliphatic hydroxyl groups excluding tert-OH is 1. The lowest BCUT2D eigenvalue weighted by Gasteiger charge is -2.15. The summed E-state index contributed by atoms with van der Waals surface area (Å²) >= 11 is 13.0. The molecule has 1 aliphatic heterocycles. The minimum atomic E-state index is -0.447. The Morgan fingerprint density at radius 1 is 1.26 bits per heavy atom. The molecule has 0 aliphatic carbocycles. The summed E-state index contributed by atoms with van der Waals surface area (Å²) in [6, 6.07) is 4.60. The first-order valence-corrected chi connectivity index (χ1v) is 7.38. The number of nitrogens with zero attached hydrogens (tertiary/aromatic N) is 1. The number of carbonyl (C=O) groups excluding carboxylic acids is 2. The number of anilines is 1. The van der Waals surface area contributed by atoms with Crippen LogP contribution in [0.3, 0.4) is 0 Å². The standard InChI is InChI=1S/C12H11Cl2NO3S/c13-7-3-8(14)5-9(4-7)15-11(17)6-10(12(15)18)19-2-1-16/h3-5,10,16H,1-2,6H2/t10-/m0/s1. The van der Waals surface area contributed by atoms with Gasteiger partial charge in [0.15, 0.2) is 0 Å². The summed E-state index contributed by atoms with van der Waals surface area (Å²) in [6.07, 6.45) is 0.133. The molecule has 7 heteroatoms. The van der Waals surface area contributed by atoms with Gasteiger partial charge in [-0.1, -0.05) is 23.2 Å². The van der Waals surface area contributed by atoms with Crippen LogP contribution in [-0.2, 0) is 9.59 Å². The molecule has 2 rings (SSSR count). The first-order chi connectivity index (χ1) is 9.02. The Balaban J connectivity index is 2.24. The Bertz CT molecular complexity index is 503. The monoisotopic (exact) mass is 319 g/mol. The highest BCUT2D eigenvalue weighted by molar-refractivity contribution is 8.00. The smallest absolute Gasteiger partial charge is 0.247 e. The predicted octanol–water partition coefficient (Wildman–Crippen LogP) is 2.35. The van der Waals surface area contributed by atoms with Crippen molar-refractivity contribution in [2.24, 2.45) is 0 Å². The van der Waals surface area contributed by atoms with Crippen LogP contribution in [0.4, 0.5) is 5.69 Å². The lowest BCUT2D eigenvalue weighted by Crippen LogP contribution is -2.31. The van der Waals surface area contributed by atoms with Gasteiger partial charge in [-0.3, -0.25) is 9.59 Å². The van der Waals surface area contributed by atoms with Crippen molar-refractivity contribution in [1.29, 1.82) is 0 Å².